The average Bonchev–Trinajstić information content (AvgIpc) is 3.49. The lowest BCUT2D eigenvalue weighted by Crippen LogP contribution is -2.49. The fourth-order valence-corrected chi connectivity index (χ4v) is 4.86. The molecule has 0 aliphatic carbocycles. The zero-order valence-corrected chi connectivity index (χ0v) is 18.8. The van der Waals surface area contributed by atoms with E-state index in [9.17, 15) is 4.79 Å². The third kappa shape index (κ3) is 6.68. The average molecular weight is 456 g/mol. The Morgan fingerprint density at radius 2 is 1.97 bits per heavy atom. The molecule has 1 aromatic carbocycles. The van der Waals surface area contributed by atoms with Gasteiger partial charge in [0, 0.05) is 32.7 Å². The van der Waals surface area contributed by atoms with Crippen LogP contribution < -0.4 is 5.32 Å². The van der Waals surface area contributed by atoms with Crippen molar-refractivity contribution >= 4 is 40.2 Å². The van der Waals surface area contributed by atoms with Crippen LogP contribution in [0.3, 0.4) is 0 Å². The van der Waals surface area contributed by atoms with Gasteiger partial charge in [-0.15, -0.1) is 10.2 Å². The van der Waals surface area contributed by atoms with E-state index in [4.69, 9.17) is 4.42 Å². The molecule has 1 N–H and O–H groups in total. The number of hydrogen-bond donors (Lipinski definition) is 1. The maximum atomic E-state index is 12.6. The van der Waals surface area contributed by atoms with Crippen molar-refractivity contribution in [3.63, 3.8) is 0 Å². The van der Waals surface area contributed by atoms with E-state index in [2.05, 4.69) is 44.7 Å². The molecular formula is C22H25N5O2S2. The lowest BCUT2D eigenvalue weighted by atomic mass is 10.2. The van der Waals surface area contributed by atoms with Gasteiger partial charge in [0.15, 0.2) is 4.34 Å². The van der Waals surface area contributed by atoms with E-state index in [-0.39, 0.29) is 5.91 Å². The molecule has 9 heteroatoms. The van der Waals surface area contributed by atoms with Crippen LogP contribution in [0.25, 0.3) is 6.08 Å². The Bertz CT molecular complexity index is 967. The highest BCUT2D eigenvalue weighted by Gasteiger charge is 2.21. The zero-order chi connectivity index (χ0) is 21.3. The van der Waals surface area contributed by atoms with Crippen LogP contribution in [-0.4, -0.2) is 64.4 Å². The number of amides is 1. The van der Waals surface area contributed by atoms with Crippen LogP contribution in [0.15, 0.2) is 63.6 Å². The molecule has 0 atom stereocenters. The number of rotatable bonds is 9. The molecule has 1 aliphatic rings. The number of thioether (sulfide) groups is 1. The summed E-state index contributed by atoms with van der Waals surface area (Å²) in [7, 11) is 0. The second-order valence-corrected chi connectivity index (χ2v) is 9.29. The first-order valence-electron chi connectivity index (χ1n) is 10.2. The van der Waals surface area contributed by atoms with Gasteiger partial charge >= 0.3 is 0 Å². The number of carbonyl (C=O) groups is 1. The highest BCUT2D eigenvalue weighted by molar-refractivity contribution is 8.01. The van der Waals surface area contributed by atoms with Crippen LogP contribution in [0, 0.1) is 0 Å². The van der Waals surface area contributed by atoms with Crippen molar-refractivity contribution in [2.75, 3.05) is 43.8 Å². The van der Waals surface area contributed by atoms with Gasteiger partial charge in [0.1, 0.15) is 5.76 Å². The van der Waals surface area contributed by atoms with E-state index in [1.807, 2.05) is 35.2 Å². The molecule has 3 heterocycles. The molecule has 1 amide bonds. The maximum Gasteiger partial charge on any atom is 0.233 e. The molecule has 0 unspecified atom stereocenters. The summed E-state index contributed by atoms with van der Waals surface area (Å²) in [6.45, 7) is 4.81. The number of furan rings is 1. The summed E-state index contributed by atoms with van der Waals surface area (Å²) < 4.78 is 6.08. The molecule has 1 fully saturated rings. The van der Waals surface area contributed by atoms with Crippen molar-refractivity contribution in [2.45, 2.75) is 10.9 Å². The van der Waals surface area contributed by atoms with E-state index >= 15 is 0 Å². The largest absolute Gasteiger partial charge is 0.467 e. The number of anilines is 1. The van der Waals surface area contributed by atoms with Gasteiger partial charge in [-0.1, -0.05) is 65.6 Å². The van der Waals surface area contributed by atoms with Crippen LogP contribution >= 0.6 is 23.1 Å². The van der Waals surface area contributed by atoms with Crippen molar-refractivity contribution in [2.24, 2.45) is 0 Å². The minimum absolute atomic E-state index is 0.157. The van der Waals surface area contributed by atoms with Gasteiger partial charge in [-0.25, -0.2) is 0 Å². The maximum absolute atomic E-state index is 12.6. The van der Waals surface area contributed by atoms with Crippen LogP contribution in [0.5, 0.6) is 0 Å². The highest BCUT2D eigenvalue weighted by Crippen LogP contribution is 2.26. The molecule has 7 nitrogen and oxygen atoms in total. The Hall–Kier alpha value is -2.62. The zero-order valence-electron chi connectivity index (χ0n) is 17.1. The normalized spacial score (nSPS) is 14.9. The third-order valence-corrected chi connectivity index (χ3v) is 6.92. The fourth-order valence-electron chi connectivity index (χ4n) is 3.21. The van der Waals surface area contributed by atoms with Crippen molar-refractivity contribution in [1.82, 2.24) is 20.0 Å². The van der Waals surface area contributed by atoms with Gasteiger partial charge in [-0.2, -0.15) is 0 Å². The molecule has 0 spiro atoms. The van der Waals surface area contributed by atoms with Gasteiger partial charge < -0.3 is 14.6 Å². The van der Waals surface area contributed by atoms with Crippen LogP contribution in [0.2, 0.25) is 0 Å². The molecule has 1 aliphatic heterocycles. The minimum Gasteiger partial charge on any atom is -0.467 e. The molecule has 0 radical (unpaired) electrons. The quantitative estimate of drug-likeness (QED) is 0.493. The minimum atomic E-state index is 0.157. The first kappa shape index (κ1) is 21.6. The lowest BCUT2D eigenvalue weighted by Gasteiger charge is -2.34. The molecule has 1 saturated heterocycles. The number of nitrogens with zero attached hydrogens (tertiary/aromatic N) is 4. The Morgan fingerprint density at radius 3 is 2.74 bits per heavy atom. The summed E-state index contributed by atoms with van der Waals surface area (Å²) in [5.74, 6) is 1.39. The van der Waals surface area contributed by atoms with Crippen molar-refractivity contribution in [3.8, 4) is 0 Å². The highest BCUT2D eigenvalue weighted by atomic mass is 32.2. The smallest absolute Gasteiger partial charge is 0.233 e. The van der Waals surface area contributed by atoms with Crippen molar-refractivity contribution in [1.29, 1.82) is 0 Å². The van der Waals surface area contributed by atoms with E-state index in [1.165, 1.54) is 28.7 Å². The summed E-state index contributed by atoms with van der Waals surface area (Å²) in [5.41, 5.74) is 1.21. The Morgan fingerprint density at radius 1 is 1.13 bits per heavy atom. The van der Waals surface area contributed by atoms with Gasteiger partial charge in [0.2, 0.25) is 11.0 Å². The number of hydrogen-bond acceptors (Lipinski definition) is 8. The lowest BCUT2D eigenvalue weighted by molar-refractivity contribution is -0.129. The molecule has 4 rings (SSSR count). The first-order chi connectivity index (χ1) is 15.3. The number of aromatic nitrogens is 2. The van der Waals surface area contributed by atoms with Crippen LogP contribution in [0.4, 0.5) is 5.13 Å². The predicted molar refractivity (Wildman–Crippen MR) is 125 cm³/mol. The first-order valence-corrected chi connectivity index (χ1v) is 12.0. The molecule has 3 aromatic rings. The molecule has 2 aromatic heterocycles. The standard InChI is InChI=1S/C22H25N5O2S2/c28-20(17-30-22-25-24-21(31-22)23-16-19-9-5-15-29-19)27-13-11-26(12-14-27)10-4-8-18-6-2-1-3-7-18/h1-9,15H,10-14,16-17H2,(H,23,24). The molecule has 162 valence electrons. The van der Waals surface area contributed by atoms with Gasteiger partial charge in [-0.05, 0) is 17.7 Å². The fraction of sp³-hybridized carbons (Fsp3) is 0.318. The summed E-state index contributed by atoms with van der Waals surface area (Å²) in [6, 6.07) is 14.1. The molecule has 31 heavy (non-hydrogen) atoms. The van der Waals surface area contributed by atoms with Crippen molar-refractivity contribution < 1.29 is 9.21 Å². The second-order valence-electron chi connectivity index (χ2n) is 7.09. The number of benzene rings is 1. The molecule has 0 saturated carbocycles. The predicted octanol–water partition coefficient (Wildman–Crippen LogP) is 3.69. The van der Waals surface area contributed by atoms with Gasteiger partial charge in [0.25, 0.3) is 0 Å². The Balaban J connectivity index is 1.14. The molecular weight excluding hydrogens is 430 g/mol. The number of piperazine rings is 1. The Kier molecular flexibility index (Phi) is 7.76. The van der Waals surface area contributed by atoms with Gasteiger partial charge in [0.05, 0.1) is 18.6 Å². The van der Waals surface area contributed by atoms with Crippen LogP contribution in [-0.2, 0) is 11.3 Å². The SMILES string of the molecule is O=C(CSc1nnc(NCc2ccco2)s1)N1CCN(CC=Cc2ccccc2)CC1. The van der Waals surface area contributed by atoms with Crippen molar-refractivity contribution in [3.05, 3.63) is 66.1 Å². The van der Waals surface area contributed by atoms with Gasteiger partial charge in [-0.3, -0.25) is 9.69 Å². The topological polar surface area (TPSA) is 74.5 Å². The van der Waals surface area contributed by atoms with E-state index in [0.717, 1.165) is 48.0 Å². The summed E-state index contributed by atoms with van der Waals surface area (Å²) >= 11 is 2.90. The summed E-state index contributed by atoms with van der Waals surface area (Å²) in [6.07, 6.45) is 5.98. The van der Waals surface area contributed by atoms with E-state index in [1.54, 1.807) is 6.26 Å². The summed E-state index contributed by atoms with van der Waals surface area (Å²) in [5, 5.41) is 12.2. The van der Waals surface area contributed by atoms with E-state index in [0.29, 0.717) is 12.3 Å². The monoisotopic (exact) mass is 455 g/mol. The second kappa shape index (κ2) is 11.1. The Labute approximate surface area is 190 Å². The van der Waals surface area contributed by atoms with Crippen LogP contribution in [0.1, 0.15) is 11.3 Å². The third-order valence-electron chi connectivity index (χ3n) is 4.92. The number of nitrogens with one attached hydrogen (secondary N) is 1. The number of carbonyl (C=O) groups excluding carboxylic acids is 1. The van der Waals surface area contributed by atoms with E-state index < -0.39 is 0 Å². The molecule has 0 bridgehead atoms. The summed E-state index contributed by atoms with van der Waals surface area (Å²) in [4.78, 5) is 16.9.